The van der Waals surface area contributed by atoms with E-state index in [1.807, 2.05) is 11.3 Å². The Kier molecular flexibility index (Phi) is 5.51. The molecule has 1 N–H and O–H groups in total. The maximum atomic E-state index is 3.71. The predicted molar refractivity (Wildman–Crippen MR) is 79.9 cm³/mol. The second kappa shape index (κ2) is 6.91. The maximum absolute atomic E-state index is 3.71. The lowest BCUT2D eigenvalue weighted by molar-refractivity contribution is 0.382. The van der Waals surface area contributed by atoms with Crippen LogP contribution < -0.4 is 5.32 Å². The topological polar surface area (TPSA) is 12.0 Å². The van der Waals surface area contributed by atoms with E-state index < -0.39 is 0 Å². The van der Waals surface area contributed by atoms with Crippen LogP contribution in [-0.4, -0.2) is 13.1 Å². The van der Waals surface area contributed by atoms with Gasteiger partial charge in [-0.3, -0.25) is 0 Å². The molecule has 3 heteroatoms. The van der Waals surface area contributed by atoms with Crippen molar-refractivity contribution in [1.82, 2.24) is 5.32 Å². The molecule has 1 saturated carbocycles. The van der Waals surface area contributed by atoms with Gasteiger partial charge in [0.2, 0.25) is 0 Å². The molecule has 0 amide bonds. The molecule has 0 bridgehead atoms. The van der Waals surface area contributed by atoms with Gasteiger partial charge in [0.05, 0.1) is 0 Å². The van der Waals surface area contributed by atoms with Crippen molar-refractivity contribution in [3.8, 4) is 0 Å². The maximum Gasteiger partial charge on any atom is 0.0317 e. The molecule has 2 atom stereocenters. The van der Waals surface area contributed by atoms with Gasteiger partial charge in [-0.2, -0.15) is 0 Å². The van der Waals surface area contributed by atoms with Gasteiger partial charge in [0.1, 0.15) is 0 Å². The Balaban J connectivity index is 2.11. The van der Waals surface area contributed by atoms with Gasteiger partial charge in [-0.05, 0) is 65.1 Å². The third-order valence-electron chi connectivity index (χ3n) is 3.80. The average molecular weight is 316 g/mol. The fourth-order valence-electron chi connectivity index (χ4n) is 2.87. The van der Waals surface area contributed by atoms with Gasteiger partial charge >= 0.3 is 0 Å². The standard InChI is InChI=1S/C14H22BrNS/c1-2-16-10-11-6-4-3-5-7-12(11)14-13(15)8-9-17-14/h8-9,11-12,16H,2-7,10H2,1H3. The third kappa shape index (κ3) is 3.55. The summed E-state index contributed by atoms with van der Waals surface area (Å²) in [5.74, 6) is 1.60. The molecule has 17 heavy (non-hydrogen) atoms. The van der Waals surface area contributed by atoms with E-state index in [1.54, 1.807) is 4.88 Å². The minimum absolute atomic E-state index is 0.769. The summed E-state index contributed by atoms with van der Waals surface area (Å²) in [5.41, 5.74) is 0. The van der Waals surface area contributed by atoms with Crippen LogP contribution in [0.2, 0.25) is 0 Å². The number of thiophene rings is 1. The summed E-state index contributed by atoms with van der Waals surface area (Å²) in [4.78, 5) is 1.58. The number of hydrogen-bond acceptors (Lipinski definition) is 2. The number of rotatable bonds is 4. The molecule has 1 aromatic rings. The first kappa shape index (κ1) is 13.6. The van der Waals surface area contributed by atoms with E-state index in [2.05, 4.69) is 39.6 Å². The zero-order valence-electron chi connectivity index (χ0n) is 10.5. The van der Waals surface area contributed by atoms with Crippen LogP contribution in [0, 0.1) is 5.92 Å². The fourth-order valence-corrected chi connectivity index (χ4v) is 4.77. The average Bonchev–Trinajstić information content (AvgIpc) is 2.63. The predicted octanol–water partition coefficient (Wildman–Crippen LogP) is 4.78. The second-order valence-electron chi connectivity index (χ2n) is 4.95. The molecular formula is C14H22BrNS. The highest BCUT2D eigenvalue weighted by Crippen LogP contribution is 2.41. The molecule has 1 heterocycles. The lowest BCUT2D eigenvalue weighted by Crippen LogP contribution is -2.26. The molecule has 0 radical (unpaired) electrons. The van der Waals surface area contributed by atoms with Gasteiger partial charge < -0.3 is 5.32 Å². The van der Waals surface area contributed by atoms with E-state index in [0.29, 0.717) is 0 Å². The van der Waals surface area contributed by atoms with E-state index >= 15 is 0 Å². The number of hydrogen-bond donors (Lipinski definition) is 1. The van der Waals surface area contributed by atoms with E-state index in [1.165, 1.54) is 43.1 Å². The quantitative estimate of drug-likeness (QED) is 0.788. The van der Waals surface area contributed by atoms with Gasteiger partial charge in [0.15, 0.2) is 0 Å². The van der Waals surface area contributed by atoms with Crippen LogP contribution in [0.25, 0.3) is 0 Å². The van der Waals surface area contributed by atoms with Crippen LogP contribution in [0.15, 0.2) is 15.9 Å². The summed E-state index contributed by atoms with van der Waals surface area (Å²) in [5, 5.41) is 5.76. The molecule has 2 unspecified atom stereocenters. The summed E-state index contributed by atoms with van der Waals surface area (Å²) in [6.45, 7) is 4.48. The van der Waals surface area contributed by atoms with Crippen molar-refractivity contribution in [2.24, 2.45) is 5.92 Å². The van der Waals surface area contributed by atoms with Crippen LogP contribution in [0.5, 0.6) is 0 Å². The van der Waals surface area contributed by atoms with Crippen molar-refractivity contribution < 1.29 is 0 Å². The first-order chi connectivity index (χ1) is 8.33. The Labute approximate surface area is 117 Å². The van der Waals surface area contributed by atoms with Crippen molar-refractivity contribution >= 4 is 27.3 Å². The molecule has 1 aliphatic rings. The van der Waals surface area contributed by atoms with Crippen molar-refractivity contribution in [2.45, 2.75) is 44.9 Å². The highest BCUT2D eigenvalue weighted by molar-refractivity contribution is 9.10. The zero-order valence-corrected chi connectivity index (χ0v) is 12.9. The molecule has 2 rings (SSSR count). The van der Waals surface area contributed by atoms with Crippen molar-refractivity contribution in [1.29, 1.82) is 0 Å². The Bertz CT molecular complexity index is 337. The van der Waals surface area contributed by atoms with Crippen molar-refractivity contribution in [3.63, 3.8) is 0 Å². The normalized spacial score (nSPS) is 25.8. The minimum atomic E-state index is 0.769. The summed E-state index contributed by atoms with van der Waals surface area (Å²) >= 11 is 5.64. The molecule has 0 aliphatic heterocycles. The Morgan fingerprint density at radius 2 is 2.18 bits per heavy atom. The molecule has 0 spiro atoms. The van der Waals surface area contributed by atoms with Crippen molar-refractivity contribution in [3.05, 3.63) is 20.8 Å². The van der Waals surface area contributed by atoms with Gasteiger partial charge in [0.25, 0.3) is 0 Å². The summed E-state index contributed by atoms with van der Waals surface area (Å²) < 4.78 is 1.33. The summed E-state index contributed by atoms with van der Waals surface area (Å²) in [6.07, 6.45) is 6.99. The summed E-state index contributed by atoms with van der Waals surface area (Å²) in [7, 11) is 0. The highest BCUT2D eigenvalue weighted by Gasteiger charge is 2.26. The Morgan fingerprint density at radius 1 is 1.35 bits per heavy atom. The fraction of sp³-hybridized carbons (Fsp3) is 0.714. The van der Waals surface area contributed by atoms with Crippen LogP contribution in [-0.2, 0) is 0 Å². The SMILES string of the molecule is CCNCC1CCCCCC1c1sccc1Br. The zero-order chi connectivity index (χ0) is 12.1. The Hall–Kier alpha value is 0.140. The van der Waals surface area contributed by atoms with E-state index in [0.717, 1.165) is 18.4 Å². The smallest absolute Gasteiger partial charge is 0.0317 e. The lowest BCUT2D eigenvalue weighted by Gasteiger charge is -2.25. The van der Waals surface area contributed by atoms with Crippen LogP contribution in [0.4, 0.5) is 0 Å². The molecular weight excluding hydrogens is 294 g/mol. The molecule has 0 saturated heterocycles. The van der Waals surface area contributed by atoms with Gasteiger partial charge in [-0.1, -0.05) is 26.2 Å². The number of nitrogens with one attached hydrogen (secondary N) is 1. The lowest BCUT2D eigenvalue weighted by atomic mass is 9.86. The number of halogens is 1. The van der Waals surface area contributed by atoms with E-state index in [-0.39, 0.29) is 0 Å². The first-order valence-electron chi connectivity index (χ1n) is 6.76. The molecule has 0 aromatic carbocycles. The molecule has 96 valence electrons. The third-order valence-corrected chi connectivity index (χ3v) is 5.80. The highest BCUT2D eigenvalue weighted by atomic mass is 79.9. The van der Waals surface area contributed by atoms with Crippen molar-refractivity contribution in [2.75, 3.05) is 13.1 Å². The molecule has 1 aliphatic carbocycles. The largest absolute Gasteiger partial charge is 0.317 e. The molecule has 1 nitrogen and oxygen atoms in total. The van der Waals surface area contributed by atoms with Gasteiger partial charge in [-0.15, -0.1) is 11.3 Å². The molecule has 1 fully saturated rings. The van der Waals surface area contributed by atoms with Crippen LogP contribution >= 0.6 is 27.3 Å². The summed E-state index contributed by atoms with van der Waals surface area (Å²) in [6, 6.07) is 2.20. The Morgan fingerprint density at radius 3 is 2.88 bits per heavy atom. The monoisotopic (exact) mass is 315 g/mol. The first-order valence-corrected chi connectivity index (χ1v) is 8.43. The van der Waals surface area contributed by atoms with Gasteiger partial charge in [-0.25, -0.2) is 0 Å². The van der Waals surface area contributed by atoms with Crippen LogP contribution in [0.1, 0.15) is 49.8 Å². The van der Waals surface area contributed by atoms with Gasteiger partial charge in [0, 0.05) is 9.35 Å². The van der Waals surface area contributed by atoms with E-state index in [4.69, 9.17) is 0 Å². The van der Waals surface area contributed by atoms with Crippen LogP contribution in [0.3, 0.4) is 0 Å². The minimum Gasteiger partial charge on any atom is -0.317 e. The second-order valence-corrected chi connectivity index (χ2v) is 6.75. The molecule has 1 aromatic heterocycles. The van der Waals surface area contributed by atoms with E-state index in [9.17, 15) is 0 Å².